The van der Waals surface area contributed by atoms with Crippen molar-refractivity contribution in [3.8, 4) is 11.4 Å². The number of amides is 1. The molecule has 5 rings (SSSR count). The van der Waals surface area contributed by atoms with Crippen molar-refractivity contribution in [1.82, 2.24) is 14.4 Å². The molecule has 0 aliphatic carbocycles. The number of rotatable bonds is 5. The molecule has 3 aromatic rings. The summed E-state index contributed by atoms with van der Waals surface area (Å²) in [6.07, 6.45) is 2.10. The van der Waals surface area contributed by atoms with E-state index in [1.807, 2.05) is 32.0 Å². The Morgan fingerprint density at radius 3 is 2.42 bits per heavy atom. The molecule has 0 radical (unpaired) electrons. The highest BCUT2D eigenvalue weighted by Gasteiger charge is 2.35. The van der Waals surface area contributed by atoms with Crippen molar-refractivity contribution < 1.29 is 17.7 Å². The summed E-state index contributed by atoms with van der Waals surface area (Å²) in [6.45, 7) is 5.69. The molecular weight excluding hydrogens is 440 g/mol. The summed E-state index contributed by atoms with van der Waals surface area (Å²) in [5.41, 5.74) is 3.86. The molecule has 0 spiro atoms. The van der Waals surface area contributed by atoms with E-state index in [-0.39, 0.29) is 16.7 Å². The van der Waals surface area contributed by atoms with Gasteiger partial charge in [-0.1, -0.05) is 11.2 Å². The Hall–Kier alpha value is -3.04. The summed E-state index contributed by atoms with van der Waals surface area (Å²) in [5.74, 6) is 0.639. The maximum Gasteiger partial charge on any atom is 0.243 e. The molecule has 1 atom stereocenters. The fourth-order valence-electron chi connectivity index (χ4n) is 4.39. The molecule has 1 unspecified atom stereocenters. The van der Waals surface area contributed by atoms with E-state index in [4.69, 9.17) is 4.52 Å². The number of aromatic nitrogens is 2. The molecule has 2 aliphatic heterocycles. The van der Waals surface area contributed by atoms with Crippen molar-refractivity contribution in [2.75, 3.05) is 24.5 Å². The number of benzene rings is 2. The fraction of sp³-hybridized carbons (Fsp3) is 0.375. The molecule has 2 aromatic carbocycles. The smallest absolute Gasteiger partial charge is 0.243 e. The van der Waals surface area contributed by atoms with Gasteiger partial charge in [0.05, 0.1) is 10.8 Å². The molecule has 33 heavy (non-hydrogen) atoms. The zero-order valence-corrected chi connectivity index (χ0v) is 19.5. The standard InChI is InChI=1S/C24H26N4O4S/c1-16-5-8-20(13-17(16)2)28-15-19(14-22(28)29)24-25-23(26-32-24)18-6-9-21(10-7-18)33(30,31)27-11-3-4-12-27/h5-10,13,19H,3-4,11-12,14-15H2,1-2H3. The normalized spacial score (nSPS) is 19.5. The minimum absolute atomic E-state index is 0.0273. The molecule has 9 heteroatoms. The Morgan fingerprint density at radius 1 is 1.00 bits per heavy atom. The first kappa shape index (κ1) is 21.8. The number of hydrogen-bond acceptors (Lipinski definition) is 6. The molecule has 0 saturated carbocycles. The van der Waals surface area contributed by atoms with E-state index in [0.29, 0.717) is 43.3 Å². The maximum atomic E-state index is 12.7. The van der Waals surface area contributed by atoms with Crippen molar-refractivity contribution in [1.29, 1.82) is 0 Å². The third-order valence-electron chi connectivity index (χ3n) is 6.53. The average Bonchev–Trinajstić information content (AvgIpc) is 3.57. The lowest BCUT2D eigenvalue weighted by molar-refractivity contribution is -0.117. The van der Waals surface area contributed by atoms with Crippen LogP contribution < -0.4 is 4.90 Å². The summed E-state index contributed by atoms with van der Waals surface area (Å²) in [4.78, 5) is 19.2. The molecule has 172 valence electrons. The Morgan fingerprint density at radius 2 is 1.73 bits per heavy atom. The first-order valence-corrected chi connectivity index (χ1v) is 12.6. The summed E-state index contributed by atoms with van der Waals surface area (Å²) in [6, 6.07) is 12.5. The quantitative estimate of drug-likeness (QED) is 0.569. The number of hydrogen-bond donors (Lipinski definition) is 0. The molecule has 1 aromatic heterocycles. The SMILES string of the molecule is Cc1ccc(N2CC(c3nc(-c4ccc(S(=O)(=O)N5CCCC5)cc4)no3)CC2=O)cc1C. The molecule has 2 saturated heterocycles. The maximum absolute atomic E-state index is 12.7. The molecular formula is C24H26N4O4S. The minimum Gasteiger partial charge on any atom is -0.339 e. The first-order valence-electron chi connectivity index (χ1n) is 11.1. The van der Waals surface area contributed by atoms with Gasteiger partial charge in [0.1, 0.15) is 0 Å². The largest absolute Gasteiger partial charge is 0.339 e. The van der Waals surface area contributed by atoms with E-state index < -0.39 is 10.0 Å². The molecule has 1 amide bonds. The predicted molar refractivity (Wildman–Crippen MR) is 123 cm³/mol. The predicted octanol–water partition coefficient (Wildman–Crippen LogP) is 3.66. The van der Waals surface area contributed by atoms with E-state index in [9.17, 15) is 13.2 Å². The zero-order chi connectivity index (χ0) is 23.2. The van der Waals surface area contributed by atoms with Gasteiger partial charge >= 0.3 is 0 Å². The van der Waals surface area contributed by atoms with Gasteiger partial charge in [0, 0.05) is 37.3 Å². The van der Waals surface area contributed by atoms with Crippen LogP contribution in [0.3, 0.4) is 0 Å². The van der Waals surface area contributed by atoms with Crippen LogP contribution in [0, 0.1) is 13.8 Å². The summed E-state index contributed by atoms with van der Waals surface area (Å²) in [5, 5.41) is 4.07. The number of carbonyl (C=O) groups is 1. The molecule has 0 N–H and O–H groups in total. The Bertz CT molecular complexity index is 1290. The van der Waals surface area contributed by atoms with E-state index in [1.54, 1.807) is 29.2 Å². The van der Waals surface area contributed by atoms with Gasteiger partial charge in [-0.2, -0.15) is 9.29 Å². The number of anilines is 1. The number of aryl methyl sites for hydroxylation is 2. The monoisotopic (exact) mass is 466 g/mol. The van der Waals surface area contributed by atoms with Gasteiger partial charge in [-0.05, 0) is 74.2 Å². The van der Waals surface area contributed by atoms with E-state index >= 15 is 0 Å². The Kier molecular flexibility index (Phi) is 5.54. The average molecular weight is 467 g/mol. The third kappa shape index (κ3) is 4.06. The Balaban J connectivity index is 1.32. The fourth-order valence-corrected chi connectivity index (χ4v) is 5.90. The van der Waals surface area contributed by atoms with Crippen LogP contribution in [0.2, 0.25) is 0 Å². The van der Waals surface area contributed by atoms with E-state index in [0.717, 1.165) is 24.1 Å². The van der Waals surface area contributed by atoms with Crippen LogP contribution in [-0.2, 0) is 14.8 Å². The van der Waals surface area contributed by atoms with Crippen LogP contribution in [0.4, 0.5) is 5.69 Å². The second-order valence-electron chi connectivity index (χ2n) is 8.77. The van der Waals surface area contributed by atoms with Crippen molar-refractivity contribution in [3.05, 3.63) is 59.5 Å². The van der Waals surface area contributed by atoms with E-state index in [1.165, 1.54) is 9.87 Å². The van der Waals surface area contributed by atoms with Gasteiger partial charge in [0.2, 0.25) is 27.6 Å². The molecule has 3 heterocycles. The van der Waals surface area contributed by atoms with Gasteiger partial charge in [-0.25, -0.2) is 8.42 Å². The lowest BCUT2D eigenvalue weighted by Crippen LogP contribution is -2.27. The zero-order valence-electron chi connectivity index (χ0n) is 18.7. The van der Waals surface area contributed by atoms with Crippen LogP contribution >= 0.6 is 0 Å². The van der Waals surface area contributed by atoms with Crippen molar-refractivity contribution in [2.24, 2.45) is 0 Å². The summed E-state index contributed by atoms with van der Waals surface area (Å²) >= 11 is 0. The van der Waals surface area contributed by atoms with Gasteiger partial charge < -0.3 is 9.42 Å². The van der Waals surface area contributed by atoms with Gasteiger partial charge in [0.15, 0.2) is 0 Å². The Labute approximate surface area is 193 Å². The number of sulfonamides is 1. The van der Waals surface area contributed by atoms with Gasteiger partial charge in [-0.15, -0.1) is 0 Å². The van der Waals surface area contributed by atoms with Crippen LogP contribution in [0.5, 0.6) is 0 Å². The molecule has 0 bridgehead atoms. The second-order valence-corrected chi connectivity index (χ2v) is 10.7. The molecule has 2 aliphatic rings. The van der Waals surface area contributed by atoms with E-state index in [2.05, 4.69) is 10.1 Å². The van der Waals surface area contributed by atoms with Crippen LogP contribution in [0.25, 0.3) is 11.4 Å². The van der Waals surface area contributed by atoms with Crippen LogP contribution in [0.1, 0.15) is 42.2 Å². The molecule has 8 nitrogen and oxygen atoms in total. The highest BCUT2D eigenvalue weighted by Crippen LogP contribution is 2.33. The highest BCUT2D eigenvalue weighted by atomic mass is 32.2. The lowest BCUT2D eigenvalue weighted by Gasteiger charge is -2.17. The third-order valence-corrected chi connectivity index (χ3v) is 8.45. The topological polar surface area (TPSA) is 96.6 Å². The number of carbonyl (C=O) groups excluding carboxylic acids is 1. The molecule has 2 fully saturated rings. The van der Waals surface area contributed by atoms with Gasteiger partial charge in [0.25, 0.3) is 0 Å². The summed E-state index contributed by atoms with van der Waals surface area (Å²) in [7, 11) is -3.46. The van der Waals surface area contributed by atoms with Crippen LogP contribution in [-0.4, -0.2) is 48.4 Å². The number of nitrogens with zero attached hydrogens (tertiary/aromatic N) is 4. The van der Waals surface area contributed by atoms with Crippen molar-refractivity contribution >= 4 is 21.6 Å². The second kappa shape index (κ2) is 8.39. The minimum atomic E-state index is -3.46. The van der Waals surface area contributed by atoms with Crippen LogP contribution in [0.15, 0.2) is 51.9 Å². The lowest BCUT2D eigenvalue weighted by atomic mass is 10.1. The highest BCUT2D eigenvalue weighted by molar-refractivity contribution is 7.89. The van der Waals surface area contributed by atoms with Gasteiger partial charge in [-0.3, -0.25) is 4.79 Å². The first-order chi connectivity index (χ1) is 15.8. The van der Waals surface area contributed by atoms with Crippen molar-refractivity contribution in [3.63, 3.8) is 0 Å². The van der Waals surface area contributed by atoms with Crippen molar-refractivity contribution in [2.45, 2.75) is 43.9 Å². The summed E-state index contributed by atoms with van der Waals surface area (Å²) < 4.78 is 32.4.